The normalized spacial score (nSPS) is 22.3. The van der Waals surface area contributed by atoms with E-state index in [4.69, 9.17) is 10.7 Å². The van der Waals surface area contributed by atoms with Gasteiger partial charge in [-0.05, 0) is 50.8 Å². The average Bonchev–Trinajstić information content (AvgIpc) is 3.27. The van der Waals surface area contributed by atoms with E-state index in [1.165, 1.54) is 6.20 Å². The fourth-order valence-electron chi connectivity index (χ4n) is 5.70. The first-order valence-corrected chi connectivity index (χ1v) is 13.7. The molecule has 3 atom stereocenters. The Balaban J connectivity index is 1.29. The van der Waals surface area contributed by atoms with Crippen molar-refractivity contribution in [1.82, 2.24) is 29.5 Å². The first-order chi connectivity index (χ1) is 17.8. The van der Waals surface area contributed by atoms with Crippen LogP contribution in [0.5, 0.6) is 0 Å². The molecule has 2 aliphatic heterocycles. The highest BCUT2D eigenvalue weighted by Gasteiger charge is 2.45. The molecule has 4 N–H and O–H groups in total. The van der Waals surface area contributed by atoms with Crippen LogP contribution in [0, 0.1) is 12.7 Å². The number of nitrogens with two attached hydrogens (primary N) is 1. The highest BCUT2D eigenvalue weighted by Crippen LogP contribution is 2.44. The maximum atomic E-state index is 13.8. The molecule has 4 aromatic heterocycles. The van der Waals surface area contributed by atoms with Gasteiger partial charge in [-0.3, -0.25) is 15.1 Å². The molecular weight excluding hydrogens is 495 g/mol. The molecule has 4 aromatic rings. The highest BCUT2D eigenvalue weighted by molar-refractivity contribution is 7.89. The van der Waals surface area contributed by atoms with Crippen LogP contribution in [0.2, 0.25) is 0 Å². The minimum atomic E-state index is -3.85. The Labute approximate surface area is 213 Å². The van der Waals surface area contributed by atoms with Gasteiger partial charge in [0.25, 0.3) is 0 Å². The van der Waals surface area contributed by atoms with Gasteiger partial charge in [0.1, 0.15) is 22.3 Å². The lowest BCUT2D eigenvalue weighted by atomic mass is 9.78. The number of nitrogen functional groups attached to an aromatic ring is 1. The standard InChI is InChI=1S/C25H27FN8O2S/c1-14-7-24(33-32-14)30-23-11-22-20(25(27)31-23)5-6-21(29-22)15-8-17-3-2-4-18(9-15)34(17)37(35,36)19-10-16(26)12-28-13-19/h5-7,10-13,15,17-18H,2-4,8-9H2,1H3,(H4,27,30,31,32,33)/t15-,17+,18-. The van der Waals surface area contributed by atoms with E-state index in [0.717, 1.165) is 48.3 Å². The predicted octanol–water partition coefficient (Wildman–Crippen LogP) is 4.01. The van der Waals surface area contributed by atoms with Crippen LogP contribution in [0.1, 0.15) is 49.4 Å². The molecule has 2 bridgehead atoms. The summed E-state index contributed by atoms with van der Waals surface area (Å²) in [5.41, 5.74) is 8.76. The number of aromatic nitrogens is 5. The van der Waals surface area contributed by atoms with E-state index >= 15 is 0 Å². The van der Waals surface area contributed by atoms with Crippen molar-refractivity contribution in [3.05, 3.63) is 59.9 Å². The summed E-state index contributed by atoms with van der Waals surface area (Å²) in [5, 5.41) is 11.0. The number of H-pyrrole nitrogens is 1. The lowest BCUT2D eigenvalue weighted by Gasteiger charge is -2.47. The first-order valence-electron chi connectivity index (χ1n) is 12.3. The zero-order valence-corrected chi connectivity index (χ0v) is 21.0. The van der Waals surface area contributed by atoms with Crippen molar-refractivity contribution in [2.75, 3.05) is 11.1 Å². The van der Waals surface area contributed by atoms with Crippen molar-refractivity contribution < 1.29 is 12.8 Å². The molecule has 0 aliphatic carbocycles. The Morgan fingerprint density at radius 3 is 2.57 bits per heavy atom. The minimum absolute atomic E-state index is 0.0940. The zero-order valence-electron chi connectivity index (χ0n) is 20.2. The number of fused-ring (bicyclic) bond motifs is 3. The van der Waals surface area contributed by atoms with Crippen LogP contribution in [-0.2, 0) is 10.0 Å². The number of nitrogens with zero attached hydrogens (tertiary/aromatic N) is 5. The van der Waals surface area contributed by atoms with Gasteiger partial charge >= 0.3 is 0 Å². The van der Waals surface area contributed by atoms with Gasteiger partial charge in [0.05, 0.1) is 11.7 Å². The van der Waals surface area contributed by atoms with Crippen molar-refractivity contribution in [2.45, 2.75) is 61.9 Å². The van der Waals surface area contributed by atoms with E-state index in [1.807, 2.05) is 31.2 Å². The molecule has 2 saturated heterocycles. The Kier molecular flexibility index (Phi) is 5.80. The number of hydrogen-bond donors (Lipinski definition) is 3. The summed E-state index contributed by atoms with van der Waals surface area (Å²) in [7, 11) is -3.85. The van der Waals surface area contributed by atoms with Crippen molar-refractivity contribution in [2.24, 2.45) is 0 Å². The number of sulfonamides is 1. The second kappa shape index (κ2) is 9.03. The van der Waals surface area contributed by atoms with E-state index in [0.29, 0.717) is 35.8 Å². The third-order valence-electron chi connectivity index (χ3n) is 7.28. The van der Waals surface area contributed by atoms with Gasteiger partial charge in [-0.25, -0.2) is 17.8 Å². The summed E-state index contributed by atoms with van der Waals surface area (Å²) in [6.07, 6.45) is 6.01. The second-order valence-electron chi connectivity index (χ2n) is 9.84. The van der Waals surface area contributed by atoms with Gasteiger partial charge in [-0.15, -0.1) is 0 Å². The molecule has 37 heavy (non-hydrogen) atoms. The van der Waals surface area contributed by atoms with Gasteiger partial charge in [-0.2, -0.15) is 9.40 Å². The third kappa shape index (κ3) is 4.40. The van der Waals surface area contributed by atoms with E-state index in [2.05, 4.69) is 25.5 Å². The number of aryl methyl sites for hydroxylation is 1. The van der Waals surface area contributed by atoms with Crippen LogP contribution >= 0.6 is 0 Å². The van der Waals surface area contributed by atoms with Crippen molar-refractivity contribution in [1.29, 1.82) is 0 Å². The van der Waals surface area contributed by atoms with Crippen LogP contribution in [0.3, 0.4) is 0 Å². The third-order valence-corrected chi connectivity index (χ3v) is 9.25. The van der Waals surface area contributed by atoms with Crippen molar-refractivity contribution in [3.63, 3.8) is 0 Å². The Morgan fingerprint density at radius 1 is 1.08 bits per heavy atom. The number of halogens is 1. The Hall–Kier alpha value is -3.64. The lowest BCUT2D eigenvalue weighted by Crippen LogP contribution is -2.54. The molecule has 2 fully saturated rings. The molecule has 0 amide bonds. The Morgan fingerprint density at radius 2 is 1.86 bits per heavy atom. The first kappa shape index (κ1) is 23.7. The molecule has 6 rings (SSSR count). The summed E-state index contributed by atoms with van der Waals surface area (Å²) in [4.78, 5) is 13.0. The van der Waals surface area contributed by atoms with Crippen molar-refractivity contribution >= 4 is 38.4 Å². The molecule has 0 unspecified atom stereocenters. The van der Waals surface area contributed by atoms with E-state index < -0.39 is 15.8 Å². The molecule has 192 valence electrons. The van der Waals surface area contributed by atoms with Crippen LogP contribution in [-0.4, -0.2) is 50.0 Å². The zero-order chi connectivity index (χ0) is 25.7. The SMILES string of the molecule is Cc1cc(Nc2cc3nc([C@H]4C[C@H]5CCC[C@@H](C4)N5S(=O)(=O)c4cncc(F)c4)ccc3c(N)n2)n[nH]1. The summed E-state index contributed by atoms with van der Waals surface area (Å²) in [6, 6.07) is 8.30. The van der Waals surface area contributed by atoms with Gasteiger partial charge in [0.2, 0.25) is 10.0 Å². The summed E-state index contributed by atoms with van der Waals surface area (Å²) in [5.74, 6) is 0.980. The monoisotopic (exact) mass is 522 g/mol. The fourth-order valence-corrected chi connectivity index (χ4v) is 7.57. The molecule has 10 nitrogen and oxygen atoms in total. The van der Waals surface area contributed by atoms with E-state index in [1.54, 1.807) is 4.31 Å². The van der Waals surface area contributed by atoms with Gasteiger partial charge in [-0.1, -0.05) is 6.42 Å². The van der Waals surface area contributed by atoms with Crippen LogP contribution in [0.15, 0.2) is 47.6 Å². The quantitative estimate of drug-likeness (QED) is 0.357. The lowest BCUT2D eigenvalue weighted by molar-refractivity contribution is 0.108. The van der Waals surface area contributed by atoms with Crippen LogP contribution < -0.4 is 11.1 Å². The van der Waals surface area contributed by atoms with Gasteiger partial charge in [0.15, 0.2) is 5.82 Å². The number of anilines is 3. The second-order valence-corrected chi connectivity index (χ2v) is 11.7. The topological polar surface area (TPSA) is 143 Å². The number of piperidine rings is 2. The number of aromatic amines is 1. The number of pyridine rings is 3. The van der Waals surface area contributed by atoms with E-state index in [9.17, 15) is 12.8 Å². The maximum absolute atomic E-state index is 13.8. The summed E-state index contributed by atoms with van der Waals surface area (Å²) < 4.78 is 42.3. The maximum Gasteiger partial charge on any atom is 0.245 e. The molecule has 0 aromatic carbocycles. The predicted molar refractivity (Wildman–Crippen MR) is 137 cm³/mol. The molecule has 0 radical (unpaired) electrons. The van der Waals surface area contributed by atoms with Crippen molar-refractivity contribution in [3.8, 4) is 0 Å². The van der Waals surface area contributed by atoms with E-state index in [-0.39, 0.29) is 22.9 Å². The van der Waals surface area contributed by atoms with Crippen LogP contribution in [0.25, 0.3) is 10.9 Å². The molecule has 0 spiro atoms. The van der Waals surface area contributed by atoms with Gasteiger partial charge in [0, 0.05) is 53.1 Å². The molecule has 2 aliphatic rings. The smallest absolute Gasteiger partial charge is 0.245 e. The molecule has 12 heteroatoms. The summed E-state index contributed by atoms with van der Waals surface area (Å²) in [6.45, 7) is 1.91. The average molecular weight is 523 g/mol. The minimum Gasteiger partial charge on any atom is -0.383 e. The molecule has 0 saturated carbocycles. The number of nitrogens with one attached hydrogen (secondary N) is 2. The van der Waals surface area contributed by atoms with Gasteiger partial charge < -0.3 is 11.1 Å². The molecule has 6 heterocycles. The molecular formula is C25H27FN8O2S. The Bertz CT molecular complexity index is 1580. The largest absolute Gasteiger partial charge is 0.383 e. The summed E-state index contributed by atoms with van der Waals surface area (Å²) >= 11 is 0. The highest BCUT2D eigenvalue weighted by atomic mass is 32.2. The number of hydrogen-bond acceptors (Lipinski definition) is 8. The number of rotatable bonds is 5. The van der Waals surface area contributed by atoms with Crippen LogP contribution in [0.4, 0.5) is 21.8 Å². The fraction of sp³-hybridized carbons (Fsp3) is 0.360.